The van der Waals surface area contributed by atoms with Gasteiger partial charge in [-0.3, -0.25) is 4.90 Å². The molecule has 1 aromatic carbocycles. The van der Waals surface area contributed by atoms with Crippen LogP contribution in [-0.4, -0.2) is 45.1 Å². The zero-order valence-electron chi connectivity index (χ0n) is 14.6. The molecule has 2 atom stereocenters. The van der Waals surface area contributed by atoms with Crippen molar-refractivity contribution in [3.63, 3.8) is 0 Å². The average molecular weight is 366 g/mol. The first-order valence-electron chi connectivity index (χ1n) is 8.96. The van der Waals surface area contributed by atoms with Crippen molar-refractivity contribution in [1.29, 1.82) is 0 Å². The topological polar surface area (TPSA) is 75.7 Å². The molecule has 2 aliphatic heterocycles. The van der Waals surface area contributed by atoms with Gasteiger partial charge in [-0.25, -0.2) is 17.9 Å². The van der Waals surface area contributed by atoms with E-state index < -0.39 is 16.1 Å². The molecule has 138 valence electrons. The SMILES string of the molecule is Cc1ccc(S(=O)(=O)NC(=O)OC[C@@H]2CCCN3CCCC[C@H]23)cc1. The van der Waals surface area contributed by atoms with Gasteiger partial charge in [0.2, 0.25) is 0 Å². The van der Waals surface area contributed by atoms with Crippen LogP contribution in [0.25, 0.3) is 0 Å². The average Bonchev–Trinajstić information content (AvgIpc) is 2.60. The molecule has 2 heterocycles. The van der Waals surface area contributed by atoms with Crippen molar-refractivity contribution in [3.8, 4) is 0 Å². The highest BCUT2D eigenvalue weighted by Gasteiger charge is 2.33. The fourth-order valence-electron chi connectivity index (χ4n) is 3.87. The number of ether oxygens (including phenoxy) is 1. The second-order valence-corrected chi connectivity index (χ2v) is 8.70. The van der Waals surface area contributed by atoms with Crippen molar-refractivity contribution in [3.05, 3.63) is 29.8 Å². The van der Waals surface area contributed by atoms with Crippen molar-refractivity contribution in [2.24, 2.45) is 5.92 Å². The van der Waals surface area contributed by atoms with Crippen LogP contribution in [0.2, 0.25) is 0 Å². The number of amides is 1. The molecule has 1 N–H and O–H groups in total. The van der Waals surface area contributed by atoms with Crippen LogP contribution in [-0.2, 0) is 14.8 Å². The van der Waals surface area contributed by atoms with E-state index in [1.54, 1.807) is 12.1 Å². The minimum Gasteiger partial charge on any atom is -0.448 e. The normalized spacial score (nSPS) is 24.4. The lowest BCUT2D eigenvalue weighted by Gasteiger charge is -2.44. The number of hydrogen-bond donors (Lipinski definition) is 1. The van der Waals surface area contributed by atoms with Gasteiger partial charge in [0.15, 0.2) is 0 Å². The van der Waals surface area contributed by atoms with E-state index in [1.165, 1.54) is 25.0 Å². The van der Waals surface area contributed by atoms with Crippen molar-refractivity contribution in [2.45, 2.75) is 50.0 Å². The van der Waals surface area contributed by atoms with Crippen LogP contribution >= 0.6 is 0 Å². The first-order chi connectivity index (χ1) is 12.0. The number of carbonyl (C=O) groups excluding carboxylic acids is 1. The molecule has 2 aliphatic rings. The Morgan fingerprint density at radius 2 is 1.88 bits per heavy atom. The lowest BCUT2D eigenvalue weighted by atomic mass is 9.84. The summed E-state index contributed by atoms with van der Waals surface area (Å²) in [5.74, 6) is 0.293. The second-order valence-electron chi connectivity index (χ2n) is 7.02. The number of benzene rings is 1. The van der Waals surface area contributed by atoms with Crippen molar-refractivity contribution >= 4 is 16.1 Å². The highest BCUT2D eigenvalue weighted by atomic mass is 32.2. The number of sulfonamides is 1. The van der Waals surface area contributed by atoms with Gasteiger partial charge in [-0.2, -0.15) is 0 Å². The number of aryl methyl sites for hydroxylation is 1. The summed E-state index contributed by atoms with van der Waals surface area (Å²) in [5.41, 5.74) is 0.955. The number of hydrogen-bond acceptors (Lipinski definition) is 5. The van der Waals surface area contributed by atoms with E-state index in [4.69, 9.17) is 4.74 Å². The first kappa shape index (κ1) is 18.2. The summed E-state index contributed by atoms with van der Waals surface area (Å²) in [7, 11) is -3.89. The zero-order chi connectivity index (χ0) is 17.9. The van der Waals surface area contributed by atoms with Crippen LogP contribution in [0, 0.1) is 12.8 Å². The van der Waals surface area contributed by atoms with Crippen molar-refractivity contribution in [1.82, 2.24) is 9.62 Å². The summed E-state index contributed by atoms with van der Waals surface area (Å²) in [6.07, 6.45) is 4.82. The maximum Gasteiger partial charge on any atom is 0.421 e. The Bertz CT molecular complexity index is 700. The van der Waals surface area contributed by atoms with Gasteiger partial charge in [0.25, 0.3) is 10.0 Å². The monoisotopic (exact) mass is 366 g/mol. The van der Waals surface area contributed by atoms with Crippen molar-refractivity contribution in [2.75, 3.05) is 19.7 Å². The molecule has 0 aromatic heterocycles. The molecule has 0 bridgehead atoms. The smallest absolute Gasteiger partial charge is 0.421 e. The predicted octanol–water partition coefficient (Wildman–Crippen LogP) is 2.67. The third-order valence-corrected chi connectivity index (χ3v) is 6.53. The lowest BCUT2D eigenvalue weighted by molar-refractivity contribution is 0.0245. The maximum absolute atomic E-state index is 12.2. The predicted molar refractivity (Wildman–Crippen MR) is 94.8 cm³/mol. The Kier molecular flexibility index (Phi) is 5.64. The van der Waals surface area contributed by atoms with Gasteiger partial charge in [0.1, 0.15) is 0 Å². The minimum absolute atomic E-state index is 0.0613. The molecule has 2 saturated heterocycles. The van der Waals surface area contributed by atoms with E-state index >= 15 is 0 Å². The summed E-state index contributed by atoms with van der Waals surface area (Å²) in [6.45, 7) is 4.39. The Morgan fingerprint density at radius 3 is 2.64 bits per heavy atom. The molecule has 3 rings (SSSR count). The highest BCUT2D eigenvalue weighted by molar-refractivity contribution is 7.90. The number of nitrogens with one attached hydrogen (secondary N) is 1. The third kappa shape index (κ3) is 4.52. The zero-order valence-corrected chi connectivity index (χ0v) is 15.4. The fraction of sp³-hybridized carbons (Fsp3) is 0.611. The summed E-state index contributed by atoms with van der Waals surface area (Å²) in [5, 5.41) is 0. The quantitative estimate of drug-likeness (QED) is 0.887. The number of fused-ring (bicyclic) bond motifs is 1. The van der Waals surface area contributed by atoms with E-state index in [1.807, 2.05) is 11.6 Å². The molecule has 0 saturated carbocycles. The van der Waals surface area contributed by atoms with E-state index in [-0.39, 0.29) is 11.5 Å². The van der Waals surface area contributed by atoms with E-state index in [9.17, 15) is 13.2 Å². The largest absolute Gasteiger partial charge is 0.448 e. The molecule has 7 heteroatoms. The first-order valence-corrected chi connectivity index (χ1v) is 10.4. The Labute approximate surface area is 149 Å². The molecule has 0 aliphatic carbocycles. The van der Waals surface area contributed by atoms with Gasteiger partial charge < -0.3 is 4.74 Å². The standard InChI is InChI=1S/C18H26N2O4S/c1-14-7-9-16(10-8-14)25(22,23)19-18(21)24-13-15-5-4-12-20-11-3-2-6-17(15)20/h7-10,15,17H,2-6,11-13H2,1H3,(H,19,21)/t15-,17+/m0/s1. The van der Waals surface area contributed by atoms with Crippen molar-refractivity contribution < 1.29 is 17.9 Å². The molecule has 0 unspecified atom stereocenters. The Balaban J connectivity index is 1.54. The minimum atomic E-state index is -3.89. The van der Waals surface area contributed by atoms with Gasteiger partial charge >= 0.3 is 6.09 Å². The van der Waals surface area contributed by atoms with Gasteiger partial charge in [0.05, 0.1) is 11.5 Å². The molecular formula is C18H26N2O4S. The maximum atomic E-state index is 12.2. The summed E-state index contributed by atoms with van der Waals surface area (Å²) < 4.78 is 31.7. The Morgan fingerprint density at radius 1 is 1.16 bits per heavy atom. The van der Waals surface area contributed by atoms with E-state index in [0.29, 0.717) is 12.0 Å². The molecule has 25 heavy (non-hydrogen) atoms. The van der Waals surface area contributed by atoms with E-state index in [2.05, 4.69) is 4.90 Å². The fourth-order valence-corrected chi connectivity index (χ4v) is 4.76. The number of nitrogens with zero attached hydrogens (tertiary/aromatic N) is 1. The highest BCUT2D eigenvalue weighted by Crippen LogP contribution is 2.31. The summed E-state index contributed by atoms with van der Waals surface area (Å²) in [6, 6.07) is 6.81. The van der Waals surface area contributed by atoms with Crippen LogP contribution in [0.3, 0.4) is 0 Å². The van der Waals surface area contributed by atoms with Crippen LogP contribution in [0.5, 0.6) is 0 Å². The molecule has 1 amide bonds. The lowest BCUT2D eigenvalue weighted by Crippen LogP contribution is -2.49. The summed E-state index contributed by atoms with van der Waals surface area (Å²) >= 11 is 0. The van der Waals surface area contributed by atoms with Crippen LogP contribution in [0.1, 0.15) is 37.7 Å². The van der Waals surface area contributed by atoms with E-state index in [0.717, 1.165) is 37.9 Å². The number of piperidine rings is 2. The molecular weight excluding hydrogens is 340 g/mol. The third-order valence-electron chi connectivity index (χ3n) is 5.21. The number of carbonyl (C=O) groups is 1. The summed E-state index contributed by atoms with van der Waals surface area (Å²) in [4.78, 5) is 14.5. The van der Waals surface area contributed by atoms with Gasteiger partial charge in [-0.05, 0) is 57.8 Å². The van der Waals surface area contributed by atoms with Crippen LogP contribution in [0.4, 0.5) is 4.79 Å². The van der Waals surface area contributed by atoms with Gasteiger partial charge in [-0.15, -0.1) is 0 Å². The van der Waals surface area contributed by atoms with Gasteiger partial charge in [-0.1, -0.05) is 24.1 Å². The molecule has 6 nitrogen and oxygen atoms in total. The van der Waals surface area contributed by atoms with Gasteiger partial charge in [0, 0.05) is 12.0 Å². The molecule has 0 radical (unpaired) electrons. The van der Waals surface area contributed by atoms with Crippen LogP contribution < -0.4 is 4.72 Å². The molecule has 2 fully saturated rings. The van der Waals surface area contributed by atoms with Crippen LogP contribution in [0.15, 0.2) is 29.2 Å². The Hall–Kier alpha value is -1.60. The number of rotatable bonds is 4. The second kappa shape index (κ2) is 7.74. The molecule has 0 spiro atoms. The molecule has 1 aromatic rings.